The molecule has 0 aliphatic heterocycles. The van der Waals surface area contributed by atoms with Crippen molar-refractivity contribution in [1.29, 1.82) is 0 Å². The van der Waals surface area contributed by atoms with E-state index >= 15 is 0 Å². The van der Waals surface area contributed by atoms with Crippen molar-refractivity contribution in [2.75, 3.05) is 0 Å². The van der Waals surface area contributed by atoms with Gasteiger partial charge in [0.25, 0.3) is 0 Å². The van der Waals surface area contributed by atoms with Gasteiger partial charge in [0.05, 0.1) is 14.0 Å². The van der Waals surface area contributed by atoms with Gasteiger partial charge in [0, 0.05) is 5.56 Å². The van der Waals surface area contributed by atoms with E-state index in [1.807, 2.05) is 60.7 Å². The second-order valence-electron chi connectivity index (χ2n) is 5.99. The smallest absolute Gasteiger partial charge is 0.199 e. The number of carbonyl (C=O) groups excluding carboxylic acids is 2. The van der Waals surface area contributed by atoms with Gasteiger partial charge >= 0.3 is 0 Å². The van der Waals surface area contributed by atoms with E-state index in [0.29, 0.717) is 9.14 Å². The van der Waals surface area contributed by atoms with Gasteiger partial charge in [-0.2, -0.15) is 0 Å². The highest BCUT2D eigenvalue weighted by molar-refractivity contribution is 14.1. The fourth-order valence-electron chi connectivity index (χ4n) is 3.49. The largest absolute Gasteiger partial charge is 0.288 e. The zero-order valence-corrected chi connectivity index (χ0v) is 15.9. The Hall–Kier alpha value is -1.98. The van der Waals surface area contributed by atoms with Crippen molar-refractivity contribution in [3.8, 4) is 0 Å². The second-order valence-corrected chi connectivity index (χ2v) is 7.47. The van der Waals surface area contributed by atoms with Gasteiger partial charge in [0.1, 0.15) is 0 Å². The molecule has 1 spiro atoms. The summed E-state index contributed by atoms with van der Waals surface area (Å²) in [5.74, 6) is -0.223. The van der Waals surface area contributed by atoms with Crippen LogP contribution in [0.15, 0.2) is 81.4 Å². The van der Waals surface area contributed by atoms with Crippen molar-refractivity contribution in [2.24, 2.45) is 0 Å². The lowest BCUT2D eigenvalue weighted by Crippen LogP contribution is -2.33. The molecule has 0 aromatic heterocycles. The number of rotatable bonds is 1. The Balaban J connectivity index is 2.11. The molecular formula is C21H12ClIO2. The topological polar surface area (TPSA) is 34.1 Å². The van der Waals surface area contributed by atoms with Crippen molar-refractivity contribution in [3.05, 3.63) is 98.1 Å². The summed E-state index contributed by atoms with van der Waals surface area (Å²) < 4.78 is 0.641. The average Bonchev–Trinajstić information content (AvgIpc) is 2.64. The Bertz CT molecular complexity index is 1000. The van der Waals surface area contributed by atoms with Crippen molar-refractivity contribution in [3.63, 3.8) is 0 Å². The van der Waals surface area contributed by atoms with Crippen LogP contribution in [0.2, 0.25) is 0 Å². The molecule has 1 unspecified atom stereocenters. The van der Waals surface area contributed by atoms with Crippen LogP contribution in [-0.4, -0.2) is 11.6 Å². The van der Waals surface area contributed by atoms with Gasteiger partial charge in [-0.3, -0.25) is 9.59 Å². The van der Waals surface area contributed by atoms with Gasteiger partial charge < -0.3 is 0 Å². The van der Waals surface area contributed by atoms with Crippen molar-refractivity contribution in [1.82, 2.24) is 0 Å². The summed E-state index contributed by atoms with van der Waals surface area (Å²) in [7, 11) is 0. The summed E-state index contributed by atoms with van der Waals surface area (Å²) >= 11 is 8.35. The summed E-state index contributed by atoms with van der Waals surface area (Å²) in [4.78, 5) is 24.9. The molecule has 2 aromatic carbocycles. The highest BCUT2D eigenvalue weighted by atomic mass is 127. The zero-order chi connectivity index (χ0) is 17.6. The van der Waals surface area contributed by atoms with Crippen LogP contribution in [0, 0.1) is 0 Å². The van der Waals surface area contributed by atoms with Crippen LogP contribution in [0.25, 0.3) is 5.57 Å². The molecule has 4 rings (SSSR count). The minimum absolute atomic E-state index is 0.00417. The first-order valence-corrected chi connectivity index (χ1v) is 9.22. The van der Waals surface area contributed by atoms with Gasteiger partial charge in [0.2, 0.25) is 0 Å². The van der Waals surface area contributed by atoms with Gasteiger partial charge in [-0.05, 0) is 51.4 Å². The normalized spacial score (nSPS) is 22.2. The van der Waals surface area contributed by atoms with Gasteiger partial charge in [-0.15, -0.1) is 0 Å². The summed E-state index contributed by atoms with van der Waals surface area (Å²) in [5.41, 5.74) is 2.56. The minimum atomic E-state index is -0.729. The van der Waals surface area contributed by atoms with Gasteiger partial charge in [-0.25, -0.2) is 0 Å². The third-order valence-corrected chi connectivity index (χ3v) is 5.92. The fraction of sp³-hybridized carbons (Fsp3) is 0.0476. The van der Waals surface area contributed by atoms with E-state index in [1.54, 1.807) is 6.08 Å². The molecule has 0 N–H and O–H groups in total. The highest BCUT2D eigenvalue weighted by Crippen LogP contribution is 2.51. The number of halogens is 2. The number of hydrogen-bond donors (Lipinski definition) is 0. The first-order valence-electron chi connectivity index (χ1n) is 7.76. The zero-order valence-electron chi connectivity index (χ0n) is 13.0. The Morgan fingerprint density at radius 2 is 1.60 bits per heavy atom. The summed E-state index contributed by atoms with van der Waals surface area (Å²) in [6, 6.07) is 17.3. The maximum Gasteiger partial charge on any atom is 0.199 e. The van der Waals surface area contributed by atoms with Crippen LogP contribution in [0.1, 0.15) is 21.5 Å². The van der Waals surface area contributed by atoms with Gasteiger partial charge in [0.15, 0.2) is 11.6 Å². The predicted octanol–water partition coefficient (Wildman–Crippen LogP) is 5.23. The van der Waals surface area contributed by atoms with Crippen LogP contribution < -0.4 is 0 Å². The van der Waals surface area contributed by atoms with Crippen LogP contribution in [0.4, 0.5) is 0 Å². The van der Waals surface area contributed by atoms with Gasteiger partial charge in [-0.1, -0.05) is 72.3 Å². The molecule has 0 saturated heterocycles. The van der Waals surface area contributed by atoms with Crippen LogP contribution in [0.5, 0.6) is 0 Å². The van der Waals surface area contributed by atoms with Crippen LogP contribution in [-0.2, 0) is 10.2 Å². The molecule has 0 heterocycles. The quantitative estimate of drug-likeness (QED) is 0.549. The number of carbonyl (C=O) groups is 2. The maximum absolute atomic E-state index is 13.0. The molecule has 2 aliphatic rings. The Labute approximate surface area is 164 Å². The minimum Gasteiger partial charge on any atom is -0.288 e. The molecular weight excluding hydrogens is 447 g/mol. The molecule has 2 aromatic rings. The summed E-state index contributed by atoms with van der Waals surface area (Å²) in [6.45, 7) is 0. The SMILES string of the molecule is O=C1C=CC2(C=C1Cl)C(c1ccccc1)=C(I)C(=O)c1ccccc12. The fourth-order valence-corrected chi connectivity index (χ4v) is 4.77. The number of ketones is 2. The van der Waals surface area contributed by atoms with Crippen molar-refractivity contribution < 1.29 is 9.59 Å². The van der Waals surface area contributed by atoms with Crippen LogP contribution in [0.3, 0.4) is 0 Å². The molecule has 122 valence electrons. The molecule has 2 nitrogen and oxygen atoms in total. The lowest BCUT2D eigenvalue weighted by atomic mass is 9.65. The first kappa shape index (κ1) is 16.5. The molecule has 0 amide bonds. The van der Waals surface area contributed by atoms with E-state index in [1.165, 1.54) is 6.08 Å². The molecule has 1 atom stereocenters. The molecule has 0 fully saturated rings. The average molecular weight is 459 g/mol. The lowest BCUT2D eigenvalue weighted by molar-refractivity contribution is -0.110. The molecule has 2 aliphatic carbocycles. The molecule has 25 heavy (non-hydrogen) atoms. The predicted molar refractivity (Wildman–Crippen MR) is 108 cm³/mol. The van der Waals surface area contributed by atoms with E-state index < -0.39 is 5.41 Å². The second kappa shape index (κ2) is 6.07. The number of Topliss-reactive ketones (excluding diaryl/α,β-unsaturated/α-hetero) is 1. The van der Waals surface area contributed by atoms with E-state index in [0.717, 1.165) is 16.7 Å². The summed E-state index contributed by atoms with van der Waals surface area (Å²) in [6.07, 6.45) is 5.12. The first-order chi connectivity index (χ1) is 12.0. The number of fused-ring (bicyclic) bond motifs is 2. The van der Waals surface area contributed by atoms with E-state index in [2.05, 4.69) is 22.6 Å². The maximum atomic E-state index is 13.0. The molecule has 4 heteroatoms. The van der Waals surface area contributed by atoms with Crippen LogP contribution >= 0.6 is 34.2 Å². The molecule has 0 saturated carbocycles. The van der Waals surface area contributed by atoms with E-state index in [9.17, 15) is 9.59 Å². The third-order valence-electron chi connectivity index (χ3n) is 4.60. The Morgan fingerprint density at radius 3 is 2.32 bits per heavy atom. The van der Waals surface area contributed by atoms with Crippen molar-refractivity contribution in [2.45, 2.75) is 5.41 Å². The lowest BCUT2D eigenvalue weighted by Gasteiger charge is -2.38. The molecule has 0 radical (unpaired) electrons. The monoisotopic (exact) mass is 458 g/mol. The summed E-state index contributed by atoms with van der Waals surface area (Å²) in [5, 5.41) is 0.171. The number of benzene rings is 2. The van der Waals surface area contributed by atoms with E-state index in [-0.39, 0.29) is 16.6 Å². The Kier molecular flexibility index (Phi) is 4.01. The number of allylic oxidation sites excluding steroid dienone is 6. The highest BCUT2D eigenvalue weighted by Gasteiger charge is 2.44. The Morgan fingerprint density at radius 1 is 0.920 bits per heavy atom. The van der Waals surface area contributed by atoms with Crippen molar-refractivity contribution >= 4 is 51.3 Å². The number of hydrogen-bond acceptors (Lipinski definition) is 2. The standard InChI is InChI=1S/C21H12ClIO2/c22-16-12-21(11-10-17(16)24)15-9-5-4-8-14(15)20(25)19(23)18(21)13-6-2-1-3-7-13/h1-12H. The molecule has 0 bridgehead atoms. The van der Waals surface area contributed by atoms with E-state index in [4.69, 9.17) is 11.6 Å². The third kappa shape index (κ3) is 2.45.